The van der Waals surface area contributed by atoms with Gasteiger partial charge in [-0.15, -0.1) is 0 Å². The molecule has 0 spiro atoms. The highest BCUT2D eigenvalue weighted by Gasteiger charge is 2.22. The van der Waals surface area contributed by atoms with E-state index in [1.165, 1.54) is 60.4 Å². The summed E-state index contributed by atoms with van der Waals surface area (Å²) in [4.78, 5) is 2.42. The summed E-state index contributed by atoms with van der Waals surface area (Å²) >= 11 is 0. The van der Waals surface area contributed by atoms with Crippen LogP contribution < -0.4 is 4.90 Å². The second-order valence-electron chi connectivity index (χ2n) is 15.3. The normalized spacial score (nSPS) is 11.3. The maximum absolute atomic E-state index is 2.46. The first-order valence-electron chi connectivity index (χ1n) is 20.6. The number of benzene rings is 10. The third-order valence-electron chi connectivity index (χ3n) is 11.8. The zero-order valence-electron chi connectivity index (χ0n) is 33.0. The Balaban J connectivity index is 1.12. The zero-order chi connectivity index (χ0) is 39.8. The van der Waals surface area contributed by atoms with Crippen molar-refractivity contribution >= 4 is 49.6 Å². The van der Waals surface area contributed by atoms with Gasteiger partial charge in [-0.05, 0) is 92.7 Å². The Morgan fingerprint density at radius 2 is 0.833 bits per heavy atom. The Bertz CT molecular complexity index is 3290. The summed E-state index contributed by atoms with van der Waals surface area (Å²) in [5.74, 6) is 0. The highest BCUT2D eigenvalue weighted by molar-refractivity contribution is 6.11. The number of para-hydroxylation sites is 3. The van der Waals surface area contributed by atoms with Gasteiger partial charge in [0, 0.05) is 33.3 Å². The lowest BCUT2D eigenvalue weighted by Gasteiger charge is -2.28. The van der Waals surface area contributed by atoms with Gasteiger partial charge >= 0.3 is 0 Å². The summed E-state index contributed by atoms with van der Waals surface area (Å²) < 4.78 is 2.46. The van der Waals surface area contributed by atoms with Crippen molar-refractivity contribution in [2.45, 2.75) is 0 Å². The molecule has 11 rings (SSSR count). The minimum absolute atomic E-state index is 1.08. The molecule has 0 saturated heterocycles. The number of hydrogen-bond donors (Lipinski definition) is 0. The number of anilines is 3. The van der Waals surface area contributed by atoms with Crippen molar-refractivity contribution in [3.05, 3.63) is 243 Å². The van der Waals surface area contributed by atoms with E-state index in [1.807, 2.05) is 0 Å². The number of fused-ring (bicyclic) bond motifs is 4. The number of hydrogen-bond acceptors (Lipinski definition) is 1. The average molecular weight is 765 g/mol. The molecule has 0 radical (unpaired) electrons. The molecule has 0 saturated carbocycles. The van der Waals surface area contributed by atoms with Crippen LogP contribution in [0.5, 0.6) is 0 Å². The van der Waals surface area contributed by atoms with Crippen LogP contribution in [0.1, 0.15) is 0 Å². The largest absolute Gasteiger partial charge is 0.310 e. The molecular formula is C58H40N2. The topological polar surface area (TPSA) is 8.17 Å². The van der Waals surface area contributed by atoms with E-state index < -0.39 is 0 Å². The number of rotatable bonds is 8. The standard InChI is InChI=1S/C58H40N2/c1-4-17-41(18-5-1)42-31-33-45(34-32-42)51-26-12-14-29-55(51)60-56-30-15-13-27-52(56)53-37-36-48(40-58(53)60)59(47-23-8-3-9-24-47)57-38-35-46(39-54(57)44-19-6-2-7-20-44)50-28-16-22-43-21-10-11-25-49(43)50/h1-40H. The smallest absolute Gasteiger partial charge is 0.0562 e. The van der Waals surface area contributed by atoms with E-state index in [2.05, 4.69) is 252 Å². The molecule has 0 N–H and O–H groups in total. The Morgan fingerprint density at radius 1 is 0.283 bits per heavy atom. The van der Waals surface area contributed by atoms with E-state index in [0.29, 0.717) is 0 Å². The van der Waals surface area contributed by atoms with Gasteiger partial charge in [0.1, 0.15) is 0 Å². The third-order valence-corrected chi connectivity index (χ3v) is 11.8. The Kier molecular flexibility index (Phi) is 8.87. The SMILES string of the molecule is c1ccc(-c2ccc(-c3ccccc3-n3c4ccccc4c4ccc(N(c5ccccc5)c5ccc(-c6cccc7ccccc67)cc5-c5ccccc5)cc43)cc2)cc1. The summed E-state index contributed by atoms with van der Waals surface area (Å²) in [7, 11) is 0. The molecule has 2 nitrogen and oxygen atoms in total. The first-order chi connectivity index (χ1) is 29.8. The van der Waals surface area contributed by atoms with Gasteiger partial charge in [-0.1, -0.05) is 194 Å². The van der Waals surface area contributed by atoms with Crippen molar-refractivity contribution in [1.29, 1.82) is 0 Å². The van der Waals surface area contributed by atoms with Gasteiger partial charge in [-0.25, -0.2) is 0 Å². The summed E-state index contributed by atoms with van der Waals surface area (Å²) in [6.45, 7) is 0. The molecule has 11 aromatic rings. The van der Waals surface area contributed by atoms with Crippen molar-refractivity contribution in [3.8, 4) is 50.2 Å². The van der Waals surface area contributed by atoms with Crippen LogP contribution in [0.15, 0.2) is 243 Å². The van der Waals surface area contributed by atoms with Crippen molar-refractivity contribution in [2.75, 3.05) is 4.90 Å². The fourth-order valence-electron chi connectivity index (χ4n) is 8.97. The molecule has 0 atom stereocenters. The van der Waals surface area contributed by atoms with Crippen LogP contribution in [-0.4, -0.2) is 4.57 Å². The molecule has 10 aromatic carbocycles. The molecule has 0 aliphatic carbocycles. The monoisotopic (exact) mass is 764 g/mol. The summed E-state index contributed by atoms with van der Waals surface area (Å²) in [6, 6.07) is 87.9. The molecule has 0 aliphatic rings. The van der Waals surface area contributed by atoms with E-state index in [1.54, 1.807) is 0 Å². The molecule has 1 aromatic heterocycles. The number of aromatic nitrogens is 1. The van der Waals surface area contributed by atoms with E-state index in [4.69, 9.17) is 0 Å². The van der Waals surface area contributed by atoms with Gasteiger partial charge in [-0.3, -0.25) is 0 Å². The molecule has 0 aliphatic heterocycles. The minimum Gasteiger partial charge on any atom is -0.310 e. The van der Waals surface area contributed by atoms with Gasteiger partial charge in [-0.2, -0.15) is 0 Å². The maximum atomic E-state index is 2.46. The van der Waals surface area contributed by atoms with E-state index in [-0.39, 0.29) is 0 Å². The summed E-state index contributed by atoms with van der Waals surface area (Å²) in [5, 5.41) is 4.92. The van der Waals surface area contributed by atoms with Crippen molar-refractivity contribution in [1.82, 2.24) is 4.57 Å². The van der Waals surface area contributed by atoms with Crippen LogP contribution in [0.3, 0.4) is 0 Å². The molecule has 0 unspecified atom stereocenters. The maximum Gasteiger partial charge on any atom is 0.0562 e. The second kappa shape index (κ2) is 15.1. The predicted molar refractivity (Wildman–Crippen MR) is 255 cm³/mol. The second-order valence-corrected chi connectivity index (χ2v) is 15.3. The van der Waals surface area contributed by atoms with Crippen LogP contribution in [0.25, 0.3) is 82.8 Å². The molecule has 282 valence electrons. The minimum atomic E-state index is 1.08. The van der Waals surface area contributed by atoms with Gasteiger partial charge in [0.25, 0.3) is 0 Å². The van der Waals surface area contributed by atoms with E-state index >= 15 is 0 Å². The predicted octanol–water partition coefficient (Wildman–Crippen LogP) is 16.1. The molecule has 0 bridgehead atoms. The molecule has 0 amide bonds. The summed E-state index contributed by atoms with van der Waals surface area (Å²) in [5.41, 5.74) is 16.3. The van der Waals surface area contributed by atoms with Gasteiger partial charge in [0.2, 0.25) is 0 Å². The Labute approximate surface area is 350 Å². The fourth-order valence-corrected chi connectivity index (χ4v) is 8.97. The summed E-state index contributed by atoms with van der Waals surface area (Å²) in [6.07, 6.45) is 0. The van der Waals surface area contributed by atoms with Crippen LogP contribution in [-0.2, 0) is 0 Å². The van der Waals surface area contributed by atoms with E-state index in [0.717, 1.165) is 39.4 Å². The van der Waals surface area contributed by atoms with Gasteiger partial charge < -0.3 is 9.47 Å². The lowest BCUT2D eigenvalue weighted by molar-refractivity contribution is 1.18. The van der Waals surface area contributed by atoms with Crippen LogP contribution in [0.4, 0.5) is 17.1 Å². The quantitative estimate of drug-likeness (QED) is 0.150. The first-order valence-corrected chi connectivity index (χ1v) is 20.6. The molecule has 1 heterocycles. The first kappa shape index (κ1) is 35.2. The lowest BCUT2D eigenvalue weighted by Crippen LogP contribution is -2.11. The highest BCUT2D eigenvalue weighted by atomic mass is 15.1. The van der Waals surface area contributed by atoms with Gasteiger partial charge in [0.15, 0.2) is 0 Å². The van der Waals surface area contributed by atoms with Crippen molar-refractivity contribution < 1.29 is 0 Å². The molecule has 60 heavy (non-hydrogen) atoms. The Hall–Kier alpha value is -7.94. The lowest BCUT2D eigenvalue weighted by atomic mass is 9.93. The fraction of sp³-hybridized carbons (Fsp3) is 0. The molecule has 2 heteroatoms. The van der Waals surface area contributed by atoms with Crippen LogP contribution >= 0.6 is 0 Å². The van der Waals surface area contributed by atoms with Crippen molar-refractivity contribution in [2.24, 2.45) is 0 Å². The van der Waals surface area contributed by atoms with Crippen molar-refractivity contribution in [3.63, 3.8) is 0 Å². The third kappa shape index (κ3) is 6.23. The average Bonchev–Trinajstić information content (AvgIpc) is 3.66. The zero-order valence-corrected chi connectivity index (χ0v) is 33.0. The molecular weight excluding hydrogens is 725 g/mol. The van der Waals surface area contributed by atoms with Crippen LogP contribution in [0, 0.1) is 0 Å². The van der Waals surface area contributed by atoms with Gasteiger partial charge in [0.05, 0.1) is 22.4 Å². The number of nitrogens with zero attached hydrogens (tertiary/aromatic N) is 2. The van der Waals surface area contributed by atoms with E-state index in [9.17, 15) is 0 Å². The molecule has 0 fully saturated rings. The Morgan fingerprint density at radius 3 is 1.63 bits per heavy atom. The van der Waals surface area contributed by atoms with Crippen LogP contribution in [0.2, 0.25) is 0 Å². The highest BCUT2D eigenvalue weighted by Crippen LogP contribution is 2.45.